The van der Waals surface area contributed by atoms with Gasteiger partial charge in [0.05, 0.1) is 11.6 Å². The van der Waals surface area contributed by atoms with Gasteiger partial charge in [-0.3, -0.25) is 0 Å². The SMILES string of the molecule is FC(F)c1cc(Br)nc(CCl)c1. The molecular formula is C7H5BrClF2N. The molecule has 0 aliphatic rings. The predicted octanol–water partition coefficient (Wildman–Crippen LogP) is 3.52. The summed E-state index contributed by atoms with van der Waals surface area (Å²) in [7, 11) is 0. The molecule has 0 radical (unpaired) electrons. The van der Waals surface area contributed by atoms with Gasteiger partial charge in [-0.1, -0.05) is 0 Å². The first kappa shape index (κ1) is 9.86. The summed E-state index contributed by atoms with van der Waals surface area (Å²) >= 11 is 8.47. The number of hydrogen-bond donors (Lipinski definition) is 0. The Bertz CT molecular complexity index is 280. The number of aromatic nitrogens is 1. The first-order valence-electron chi connectivity index (χ1n) is 3.14. The van der Waals surface area contributed by atoms with E-state index >= 15 is 0 Å². The molecule has 0 aliphatic carbocycles. The first-order valence-corrected chi connectivity index (χ1v) is 4.46. The van der Waals surface area contributed by atoms with Crippen molar-refractivity contribution >= 4 is 27.5 Å². The van der Waals surface area contributed by atoms with Gasteiger partial charge in [-0.2, -0.15) is 0 Å². The molecule has 12 heavy (non-hydrogen) atoms. The molecule has 0 aliphatic heterocycles. The van der Waals surface area contributed by atoms with Crippen LogP contribution in [0.4, 0.5) is 8.78 Å². The largest absolute Gasteiger partial charge is 0.264 e. The van der Waals surface area contributed by atoms with Crippen LogP contribution in [0.15, 0.2) is 16.7 Å². The van der Waals surface area contributed by atoms with Crippen LogP contribution < -0.4 is 0 Å². The molecule has 1 nitrogen and oxygen atoms in total. The lowest BCUT2D eigenvalue weighted by molar-refractivity contribution is 0.151. The van der Waals surface area contributed by atoms with Crippen LogP contribution in [0.2, 0.25) is 0 Å². The van der Waals surface area contributed by atoms with E-state index in [4.69, 9.17) is 11.6 Å². The summed E-state index contributed by atoms with van der Waals surface area (Å²) in [5.74, 6) is 0.138. The van der Waals surface area contributed by atoms with Gasteiger partial charge < -0.3 is 0 Å². The van der Waals surface area contributed by atoms with Crippen LogP contribution in [0, 0.1) is 0 Å². The monoisotopic (exact) mass is 255 g/mol. The fraction of sp³-hybridized carbons (Fsp3) is 0.286. The molecule has 1 aromatic heterocycles. The van der Waals surface area contributed by atoms with E-state index in [1.807, 2.05) is 0 Å². The highest BCUT2D eigenvalue weighted by atomic mass is 79.9. The van der Waals surface area contributed by atoms with Crippen molar-refractivity contribution in [1.82, 2.24) is 4.98 Å². The van der Waals surface area contributed by atoms with Crippen molar-refractivity contribution in [2.45, 2.75) is 12.3 Å². The second-order valence-electron chi connectivity index (χ2n) is 2.15. The Morgan fingerprint density at radius 3 is 2.67 bits per heavy atom. The van der Waals surface area contributed by atoms with E-state index in [2.05, 4.69) is 20.9 Å². The topological polar surface area (TPSA) is 12.9 Å². The molecule has 0 atom stereocenters. The van der Waals surface area contributed by atoms with Crippen molar-refractivity contribution in [2.75, 3.05) is 0 Å². The molecule has 1 aromatic rings. The predicted molar refractivity (Wildman–Crippen MR) is 46.5 cm³/mol. The van der Waals surface area contributed by atoms with Gasteiger partial charge in [-0.15, -0.1) is 11.6 Å². The van der Waals surface area contributed by atoms with Crippen LogP contribution in [0.5, 0.6) is 0 Å². The van der Waals surface area contributed by atoms with E-state index in [1.54, 1.807) is 0 Å². The molecule has 1 heterocycles. The molecule has 0 fully saturated rings. The van der Waals surface area contributed by atoms with Crippen molar-refractivity contribution in [1.29, 1.82) is 0 Å². The number of alkyl halides is 3. The van der Waals surface area contributed by atoms with Crippen molar-refractivity contribution in [3.05, 3.63) is 28.0 Å². The van der Waals surface area contributed by atoms with Crippen LogP contribution in [0.1, 0.15) is 17.7 Å². The number of halogens is 4. The number of pyridine rings is 1. The zero-order valence-electron chi connectivity index (χ0n) is 5.90. The van der Waals surface area contributed by atoms with E-state index in [0.29, 0.717) is 10.3 Å². The van der Waals surface area contributed by atoms with Gasteiger partial charge in [0.15, 0.2) is 0 Å². The molecule has 0 spiro atoms. The average Bonchev–Trinajstić information content (AvgIpc) is 2.03. The maximum atomic E-state index is 12.2. The Hall–Kier alpha value is -0.220. The van der Waals surface area contributed by atoms with Gasteiger partial charge >= 0.3 is 0 Å². The summed E-state index contributed by atoms with van der Waals surface area (Å²) in [4.78, 5) is 3.89. The van der Waals surface area contributed by atoms with E-state index in [-0.39, 0.29) is 11.4 Å². The Balaban J connectivity index is 3.06. The summed E-state index contributed by atoms with van der Waals surface area (Å²) in [6, 6.07) is 2.57. The molecule has 66 valence electrons. The highest BCUT2D eigenvalue weighted by molar-refractivity contribution is 9.10. The summed E-state index contributed by atoms with van der Waals surface area (Å²) in [5.41, 5.74) is 0.383. The van der Waals surface area contributed by atoms with Crippen LogP contribution in [0.25, 0.3) is 0 Å². The van der Waals surface area contributed by atoms with Gasteiger partial charge in [-0.25, -0.2) is 13.8 Å². The zero-order valence-corrected chi connectivity index (χ0v) is 8.24. The molecule has 0 unspecified atom stereocenters. The fourth-order valence-corrected chi connectivity index (χ4v) is 1.40. The van der Waals surface area contributed by atoms with Gasteiger partial charge in [0.2, 0.25) is 0 Å². The molecule has 0 N–H and O–H groups in total. The lowest BCUT2D eigenvalue weighted by atomic mass is 10.2. The normalized spacial score (nSPS) is 10.8. The van der Waals surface area contributed by atoms with Gasteiger partial charge in [0, 0.05) is 5.56 Å². The third-order valence-corrected chi connectivity index (χ3v) is 1.94. The van der Waals surface area contributed by atoms with Crippen LogP contribution in [-0.2, 0) is 5.88 Å². The number of hydrogen-bond acceptors (Lipinski definition) is 1. The molecule has 0 aromatic carbocycles. The van der Waals surface area contributed by atoms with Crippen LogP contribution >= 0.6 is 27.5 Å². The maximum absolute atomic E-state index is 12.2. The fourth-order valence-electron chi connectivity index (χ4n) is 0.768. The molecule has 0 saturated heterocycles. The van der Waals surface area contributed by atoms with Crippen molar-refractivity contribution < 1.29 is 8.78 Å². The summed E-state index contributed by atoms with van der Waals surface area (Å²) in [6.07, 6.45) is -2.48. The molecule has 1 rings (SSSR count). The molecule has 0 amide bonds. The zero-order chi connectivity index (χ0) is 9.14. The minimum atomic E-state index is -2.48. The molecular weight excluding hydrogens is 251 g/mol. The summed E-state index contributed by atoms with van der Waals surface area (Å²) in [6.45, 7) is 0. The Labute approximate surface area is 81.9 Å². The van der Waals surface area contributed by atoms with E-state index in [0.717, 1.165) is 0 Å². The number of rotatable bonds is 2. The third-order valence-electron chi connectivity index (χ3n) is 1.26. The Morgan fingerprint density at radius 2 is 2.17 bits per heavy atom. The van der Waals surface area contributed by atoms with E-state index < -0.39 is 6.43 Å². The molecule has 0 bridgehead atoms. The maximum Gasteiger partial charge on any atom is 0.264 e. The first-order chi connectivity index (χ1) is 5.63. The Morgan fingerprint density at radius 1 is 1.50 bits per heavy atom. The Kier molecular flexibility index (Phi) is 3.40. The molecule has 5 heteroatoms. The van der Waals surface area contributed by atoms with Crippen LogP contribution in [-0.4, -0.2) is 4.98 Å². The smallest absolute Gasteiger partial charge is 0.245 e. The average molecular weight is 256 g/mol. The second kappa shape index (κ2) is 4.14. The highest BCUT2D eigenvalue weighted by Gasteiger charge is 2.09. The number of nitrogens with zero attached hydrogens (tertiary/aromatic N) is 1. The van der Waals surface area contributed by atoms with Crippen molar-refractivity contribution in [2.24, 2.45) is 0 Å². The standard InChI is InChI=1S/C7H5BrClF2N/c8-6-2-4(7(10)11)1-5(3-9)12-6/h1-2,7H,3H2. The molecule has 0 saturated carbocycles. The summed E-state index contributed by atoms with van der Waals surface area (Å²) in [5, 5.41) is 0. The third kappa shape index (κ3) is 2.38. The van der Waals surface area contributed by atoms with Gasteiger partial charge in [0.1, 0.15) is 4.60 Å². The minimum absolute atomic E-state index is 0.0625. The highest BCUT2D eigenvalue weighted by Crippen LogP contribution is 2.22. The van der Waals surface area contributed by atoms with Crippen molar-refractivity contribution in [3.63, 3.8) is 0 Å². The second-order valence-corrected chi connectivity index (χ2v) is 3.23. The van der Waals surface area contributed by atoms with Crippen LogP contribution in [0.3, 0.4) is 0 Å². The quantitative estimate of drug-likeness (QED) is 0.583. The minimum Gasteiger partial charge on any atom is -0.245 e. The van der Waals surface area contributed by atoms with E-state index in [9.17, 15) is 8.78 Å². The summed E-state index contributed by atoms with van der Waals surface area (Å²) < 4.78 is 24.7. The van der Waals surface area contributed by atoms with E-state index in [1.165, 1.54) is 12.1 Å². The van der Waals surface area contributed by atoms with Gasteiger partial charge in [0.25, 0.3) is 6.43 Å². The lowest BCUT2D eigenvalue weighted by Crippen LogP contribution is -1.91. The van der Waals surface area contributed by atoms with Crippen molar-refractivity contribution in [3.8, 4) is 0 Å². The lowest BCUT2D eigenvalue weighted by Gasteiger charge is -2.02. The van der Waals surface area contributed by atoms with Gasteiger partial charge in [-0.05, 0) is 28.1 Å².